The fourth-order valence-corrected chi connectivity index (χ4v) is 2.16. The second-order valence-corrected chi connectivity index (χ2v) is 4.50. The van der Waals surface area contributed by atoms with Crippen molar-refractivity contribution in [1.82, 2.24) is 9.55 Å². The highest BCUT2D eigenvalue weighted by molar-refractivity contribution is 6.31. The van der Waals surface area contributed by atoms with Crippen LogP contribution >= 0.6 is 11.6 Å². The smallest absolute Gasteiger partial charge is 0.123 e. The molecule has 0 aliphatic heterocycles. The number of rotatable bonds is 2. The van der Waals surface area contributed by atoms with E-state index in [-0.39, 0.29) is 5.82 Å². The lowest BCUT2D eigenvalue weighted by molar-refractivity contribution is 0.624. The van der Waals surface area contributed by atoms with Gasteiger partial charge in [0.2, 0.25) is 0 Å². The molecule has 18 heavy (non-hydrogen) atoms. The fraction of sp³-hybridized carbons (Fsp3) is 0.0714. The second-order valence-electron chi connectivity index (χ2n) is 4.10. The predicted octanol–water partition coefficient (Wildman–Crippen LogP) is 3.88. The third kappa shape index (κ3) is 1.97. The Hall–Kier alpha value is -1.87. The maximum atomic E-state index is 13.2. The predicted molar refractivity (Wildman–Crippen MR) is 70.2 cm³/mol. The Bertz CT molecular complexity index is 706. The van der Waals surface area contributed by atoms with Crippen molar-refractivity contribution in [2.45, 2.75) is 6.54 Å². The Morgan fingerprint density at radius 2 is 2.00 bits per heavy atom. The molecule has 90 valence electrons. The van der Waals surface area contributed by atoms with Gasteiger partial charge in [0.25, 0.3) is 0 Å². The van der Waals surface area contributed by atoms with Crippen molar-refractivity contribution in [1.29, 1.82) is 0 Å². The molecule has 2 nitrogen and oxygen atoms in total. The van der Waals surface area contributed by atoms with Crippen molar-refractivity contribution < 1.29 is 4.39 Å². The van der Waals surface area contributed by atoms with Gasteiger partial charge in [0.05, 0.1) is 23.9 Å². The number of benzene rings is 2. The molecule has 2 aromatic carbocycles. The summed E-state index contributed by atoms with van der Waals surface area (Å²) in [5, 5.41) is 0.564. The standard InChI is InChI=1S/C14H10ClFN2/c15-12-6-5-11(16)7-10(12)8-18-9-17-13-3-1-2-4-14(13)18/h1-7,9H,8H2. The normalized spacial score (nSPS) is 11.0. The molecule has 0 saturated heterocycles. The third-order valence-electron chi connectivity index (χ3n) is 2.88. The van der Waals surface area contributed by atoms with Crippen LogP contribution in [0.15, 0.2) is 48.8 Å². The van der Waals surface area contributed by atoms with Crippen LogP contribution in [0.25, 0.3) is 11.0 Å². The van der Waals surface area contributed by atoms with E-state index < -0.39 is 0 Å². The summed E-state index contributed by atoms with van der Waals surface area (Å²) >= 11 is 6.06. The average molecular weight is 261 g/mol. The summed E-state index contributed by atoms with van der Waals surface area (Å²) in [4.78, 5) is 4.29. The summed E-state index contributed by atoms with van der Waals surface area (Å²) in [7, 11) is 0. The van der Waals surface area contributed by atoms with Crippen LogP contribution in [0.1, 0.15) is 5.56 Å². The van der Waals surface area contributed by atoms with Crippen molar-refractivity contribution in [3.8, 4) is 0 Å². The molecule has 0 atom stereocenters. The topological polar surface area (TPSA) is 17.8 Å². The average Bonchev–Trinajstić information content (AvgIpc) is 2.78. The highest BCUT2D eigenvalue weighted by atomic mass is 35.5. The molecule has 0 saturated carbocycles. The summed E-state index contributed by atoms with van der Waals surface area (Å²) in [6, 6.07) is 12.2. The molecule has 0 fully saturated rings. The molecule has 3 aromatic rings. The summed E-state index contributed by atoms with van der Waals surface area (Å²) < 4.78 is 15.2. The van der Waals surface area contributed by atoms with Gasteiger partial charge in [-0.2, -0.15) is 0 Å². The summed E-state index contributed by atoms with van der Waals surface area (Å²) in [6.07, 6.45) is 1.74. The van der Waals surface area contributed by atoms with E-state index in [1.54, 1.807) is 12.4 Å². The minimum absolute atomic E-state index is 0.279. The van der Waals surface area contributed by atoms with E-state index in [0.717, 1.165) is 16.6 Å². The van der Waals surface area contributed by atoms with Crippen LogP contribution in [0.5, 0.6) is 0 Å². The van der Waals surface area contributed by atoms with Crippen LogP contribution in [0.4, 0.5) is 4.39 Å². The minimum atomic E-state index is -0.279. The van der Waals surface area contributed by atoms with Crippen LogP contribution in [-0.4, -0.2) is 9.55 Å². The maximum Gasteiger partial charge on any atom is 0.123 e. The lowest BCUT2D eigenvalue weighted by Gasteiger charge is -2.06. The Morgan fingerprint density at radius 3 is 2.89 bits per heavy atom. The highest BCUT2D eigenvalue weighted by Crippen LogP contribution is 2.20. The molecular weight excluding hydrogens is 251 g/mol. The van der Waals surface area contributed by atoms with E-state index in [2.05, 4.69) is 4.98 Å². The first kappa shape index (κ1) is 11.2. The van der Waals surface area contributed by atoms with Crippen molar-refractivity contribution in [2.75, 3.05) is 0 Å². The molecular formula is C14H10ClFN2. The monoisotopic (exact) mass is 260 g/mol. The first-order valence-electron chi connectivity index (χ1n) is 5.58. The summed E-state index contributed by atoms with van der Waals surface area (Å²) in [5.74, 6) is -0.279. The molecule has 1 aromatic heterocycles. The van der Waals surface area contributed by atoms with E-state index in [0.29, 0.717) is 11.6 Å². The zero-order valence-electron chi connectivity index (χ0n) is 9.48. The number of halogens is 2. The van der Waals surface area contributed by atoms with Gasteiger partial charge in [0.1, 0.15) is 5.82 Å². The third-order valence-corrected chi connectivity index (χ3v) is 3.24. The molecule has 4 heteroatoms. The largest absolute Gasteiger partial charge is 0.326 e. The van der Waals surface area contributed by atoms with E-state index in [1.807, 2.05) is 28.8 Å². The lowest BCUT2D eigenvalue weighted by Crippen LogP contribution is -1.99. The number of hydrogen-bond donors (Lipinski definition) is 0. The Kier molecular flexibility index (Phi) is 2.76. The van der Waals surface area contributed by atoms with E-state index >= 15 is 0 Å². The molecule has 0 aliphatic rings. The van der Waals surface area contributed by atoms with E-state index in [1.165, 1.54) is 12.1 Å². The fourth-order valence-electron chi connectivity index (χ4n) is 1.98. The number of nitrogens with zero attached hydrogens (tertiary/aromatic N) is 2. The SMILES string of the molecule is Fc1ccc(Cl)c(Cn2cnc3ccccc32)c1. The van der Waals surface area contributed by atoms with Gasteiger partial charge in [-0.3, -0.25) is 0 Å². The number of imidazole rings is 1. The Labute approximate surface area is 109 Å². The van der Waals surface area contributed by atoms with Crippen LogP contribution in [0.3, 0.4) is 0 Å². The number of fused-ring (bicyclic) bond motifs is 1. The van der Waals surface area contributed by atoms with Crippen molar-refractivity contribution in [2.24, 2.45) is 0 Å². The molecule has 3 rings (SSSR count). The molecule has 0 aliphatic carbocycles. The van der Waals surface area contributed by atoms with Crippen molar-refractivity contribution in [3.05, 3.63) is 65.2 Å². The Morgan fingerprint density at radius 1 is 1.17 bits per heavy atom. The van der Waals surface area contributed by atoms with Gasteiger partial charge in [-0.1, -0.05) is 23.7 Å². The lowest BCUT2D eigenvalue weighted by atomic mass is 10.2. The van der Waals surface area contributed by atoms with Crippen LogP contribution in [0.2, 0.25) is 5.02 Å². The minimum Gasteiger partial charge on any atom is -0.326 e. The van der Waals surface area contributed by atoms with Gasteiger partial charge in [-0.15, -0.1) is 0 Å². The Balaban J connectivity index is 2.04. The first-order chi connectivity index (χ1) is 8.74. The van der Waals surface area contributed by atoms with Crippen LogP contribution in [0, 0.1) is 5.82 Å². The number of para-hydroxylation sites is 2. The van der Waals surface area contributed by atoms with E-state index in [9.17, 15) is 4.39 Å². The highest BCUT2D eigenvalue weighted by Gasteiger charge is 2.06. The maximum absolute atomic E-state index is 13.2. The molecule has 0 bridgehead atoms. The molecule has 0 radical (unpaired) electrons. The first-order valence-corrected chi connectivity index (χ1v) is 5.95. The van der Waals surface area contributed by atoms with Crippen LogP contribution in [-0.2, 0) is 6.54 Å². The molecule has 1 heterocycles. The van der Waals surface area contributed by atoms with Gasteiger partial charge >= 0.3 is 0 Å². The van der Waals surface area contributed by atoms with Gasteiger partial charge in [0.15, 0.2) is 0 Å². The van der Waals surface area contributed by atoms with Gasteiger partial charge < -0.3 is 4.57 Å². The quantitative estimate of drug-likeness (QED) is 0.684. The molecule has 0 spiro atoms. The van der Waals surface area contributed by atoms with Gasteiger partial charge in [0, 0.05) is 5.02 Å². The van der Waals surface area contributed by atoms with E-state index in [4.69, 9.17) is 11.6 Å². The second kappa shape index (κ2) is 4.42. The van der Waals surface area contributed by atoms with Gasteiger partial charge in [-0.05, 0) is 35.9 Å². The zero-order valence-corrected chi connectivity index (χ0v) is 10.2. The summed E-state index contributed by atoms with van der Waals surface area (Å²) in [5.41, 5.74) is 2.68. The van der Waals surface area contributed by atoms with Crippen molar-refractivity contribution >= 4 is 22.6 Å². The number of hydrogen-bond acceptors (Lipinski definition) is 1. The van der Waals surface area contributed by atoms with Crippen LogP contribution < -0.4 is 0 Å². The van der Waals surface area contributed by atoms with Crippen molar-refractivity contribution in [3.63, 3.8) is 0 Å². The molecule has 0 amide bonds. The zero-order chi connectivity index (χ0) is 12.5. The number of aromatic nitrogens is 2. The summed E-state index contributed by atoms with van der Waals surface area (Å²) in [6.45, 7) is 0.511. The molecule has 0 unspecified atom stereocenters. The molecule has 0 N–H and O–H groups in total. The van der Waals surface area contributed by atoms with Gasteiger partial charge in [-0.25, -0.2) is 9.37 Å².